The molecule has 0 bridgehead atoms. The van der Waals surface area contributed by atoms with Crippen molar-refractivity contribution in [3.8, 4) is 0 Å². The molecule has 3 rings (SSSR count). The second-order valence-corrected chi connectivity index (χ2v) is 7.03. The smallest absolute Gasteiger partial charge is 0.317 e. The van der Waals surface area contributed by atoms with Crippen LogP contribution in [0.3, 0.4) is 0 Å². The van der Waals surface area contributed by atoms with Gasteiger partial charge in [-0.15, -0.1) is 0 Å². The molecule has 1 saturated heterocycles. The Morgan fingerprint density at radius 3 is 2.45 bits per heavy atom. The van der Waals surface area contributed by atoms with Gasteiger partial charge in [-0.05, 0) is 48.8 Å². The second-order valence-electron chi connectivity index (χ2n) is 6.59. The number of likely N-dealkylation sites (tertiary alicyclic amines) is 1. The Morgan fingerprint density at radius 2 is 1.91 bits per heavy atom. The van der Waals surface area contributed by atoms with Crippen molar-refractivity contribution >= 4 is 17.6 Å². The highest BCUT2D eigenvalue weighted by Crippen LogP contribution is 2.32. The highest BCUT2D eigenvalue weighted by Gasteiger charge is 2.36. The number of benzene rings is 1. The number of halogens is 1. The summed E-state index contributed by atoms with van der Waals surface area (Å²) in [5.74, 6) is 0.818. The lowest BCUT2D eigenvalue weighted by atomic mass is 9.87. The lowest BCUT2D eigenvalue weighted by Gasteiger charge is -2.34. The fourth-order valence-corrected chi connectivity index (χ4v) is 3.25. The van der Waals surface area contributed by atoms with Gasteiger partial charge in [-0.2, -0.15) is 0 Å². The summed E-state index contributed by atoms with van der Waals surface area (Å²) in [4.78, 5) is 14.0. The lowest BCUT2D eigenvalue weighted by molar-refractivity contribution is 0.0664. The lowest BCUT2D eigenvalue weighted by Crippen LogP contribution is -2.46. The molecule has 3 atom stereocenters. The fraction of sp³-hybridized carbons (Fsp3) is 0.588. The van der Waals surface area contributed by atoms with Crippen molar-refractivity contribution in [3.05, 3.63) is 34.9 Å². The van der Waals surface area contributed by atoms with Crippen LogP contribution in [-0.4, -0.2) is 35.2 Å². The molecule has 2 aliphatic rings. The van der Waals surface area contributed by atoms with Gasteiger partial charge in [0.15, 0.2) is 0 Å². The van der Waals surface area contributed by atoms with Gasteiger partial charge >= 0.3 is 6.03 Å². The largest absolute Gasteiger partial charge is 0.388 e. The van der Waals surface area contributed by atoms with Crippen molar-refractivity contribution < 1.29 is 9.90 Å². The molecule has 2 amide bonds. The molecule has 1 saturated carbocycles. The third kappa shape index (κ3) is 3.55. The van der Waals surface area contributed by atoms with Crippen LogP contribution >= 0.6 is 11.6 Å². The number of carbonyl (C=O) groups is 1. The van der Waals surface area contributed by atoms with Crippen LogP contribution in [0.5, 0.6) is 0 Å². The molecular weight excluding hydrogens is 300 g/mol. The van der Waals surface area contributed by atoms with Crippen molar-refractivity contribution in [3.63, 3.8) is 0 Å². The maximum absolute atomic E-state index is 12.1. The summed E-state index contributed by atoms with van der Waals surface area (Å²) in [7, 11) is 0. The quantitative estimate of drug-likeness (QED) is 0.898. The van der Waals surface area contributed by atoms with Gasteiger partial charge in [-0.25, -0.2) is 4.79 Å². The maximum Gasteiger partial charge on any atom is 0.317 e. The zero-order chi connectivity index (χ0) is 15.7. The normalized spacial score (nSPS) is 26.6. The highest BCUT2D eigenvalue weighted by molar-refractivity contribution is 6.30. The van der Waals surface area contributed by atoms with Gasteiger partial charge in [0.2, 0.25) is 0 Å². The van der Waals surface area contributed by atoms with Crippen LogP contribution in [0.2, 0.25) is 5.02 Å². The molecule has 0 spiro atoms. The van der Waals surface area contributed by atoms with Crippen molar-refractivity contribution in [1.29, 1.82) is 0 Å². The predicted molar refractivity (Wildman–Crippen MR) is 86.8 cm³/mol. The van der Waals surface area contributed by atoms with Crippen molar-refractivity contribution in [1.82, 2.24) is 10.2 Å². The van der Waals surface area contributed by atoms with E-state index in [1.54, 1.807) is 12.1 Å². The summed E-state index contributed by atoms with van der Waals surface area (Å²) in [6, 6.07) is 7.78. The molecule has 1 aliphatic carbocycles. The summed E-state index contributed by atoms with van der Waals surface area (Å²) >= 11 is 5.88. The van der Waals surface area contributed by atoms with Crippen LogP contribution in [0, 0.1) is 11.8 Å². The van der Waals surface area contributed by atoms with E-state index in [1.165, 1.54) is 0 Å². The van der Waals surface area contributed by atoms with E-state index < -0.39 is 6.10 Å². The number of aliphatic hydroxyl groups excluding tert-OH is 1. The minimum absolute atomic E-state index is 0.0498. The number of hydrogen-bond acceptors (Lipinski definition) is 2. The number of nitrogens with zero attached hydrogens (tertiary/aromatic N) is 1. The summed E-state index contributed by atoms with van der Waals surface area (Å²) in [5, 5.41) is 14.2. The number of nitrogens with one attached hydrogen (secondary N) is 1. The topological polar surface area (TPSA) is 52.6 Å². The molecule has 5 heteroatoms. The molecule has 4 nitrogen and oxygen atoms in total. The first-order valence-corrected chi connectivity index (χ1v) is 8.41. The van der Waals surface area contributed by atoms with Gasteiger partial charge in [0.25, 0.3) is 0 Å². The Hall–Kier alpha value is -1.26. The average molecular weight is 323 g/mol. The first-order chi connectivity index (χ1) is 10.5. The first kappa shape index (κ1) is 15.6. The Balaban J connectivity index is 1.50. The number of amides is 2. The zero-order valence-electron chi connectivity index (χ0n) is 12.8. The number of hydrogen-bond donors (Lipinski definition) is 2. The standard InChI is InChI=1S/C17H23ClN2O2/c1-11-10-15(11)19-17(22)20-8-6-13(7-9-20)16(21)12-2-4-14(18)5-3-12/h2-5,11,13,15-16,21H,6-10H2,1H3,(H,19,22). The molecule has 2 N–H and O–H groups in total. The van der Waals surface area contributed by atoms with E-state index >= 15 is 0 Å². The van der Waals surface area contributed by atoms with Gasteiger partial charge in [0.1, 0.15) is 0 Å². The summed E-state index contributed by atoms with van der Waals surface area (Å²) in [6.45, 7) is 3.57. The Kier molecular flexibility index (Phi) is 4.59. The average Bonchev–Trinajstić information content (AvgIpc) is 3.22. The SMILES string of the molecule is CC1CC1NC(=O)N1CCC(C(O)c2ccc(Cl)cc2)CC1. The second kappa shape index (κ2) is 6.47. The molecule has 1 aromatic rings. The number of rotatable bonds is 3. The molecule has 3 unspecified atom stereocenters. The third-order valence-electron chi connectivity index (χ3n) is 4.90. The number of piperidine rings is 1. The zero-order valence-corrected chi connectivity index (χ0v) is 13.6. The Morgan fingerprint density at radius 1 is 1.32 bits per heavy atom. The van der Waals surface area contributed by atoms with Crippen LogP contribution in [0.25, 0.3) is 0 Å². The summed E-state index contributed by atoms with van der Waals surface area (Å²) in [5.41, 5.74) is 0.902. The molecule has 120 valence electrons. The molecule has 0 radical (unpaired) electrons. The number of aliphatic hydroxyl groups is 1. The van der Waals surface area contributed by atoms with E-state index in [-0.39, 0.29) is 11.9 Å². The molecule has 2 fully saturated rings. The van der Waals surface area contributed by atoms with Gasteiger partial charge in [0, 0.05) is 24.2 Å². The highest BCUT2D eigenvalue weighted by atomic mass is 35.5. The van der Waals surface area contributed by atoms with Crippen LogP contribution in [0.4, 0.5) is 4.79 Å². The molecular formula is C17H23ClN2O2. The van der Waals surface area contributed by atoms with Crippen molar-refractivity contribution in [2.75, 3.05) is 13.1 Å². The maximum atomic E-state index is 12.1. The number of carbonyl (C=O) groups excluding carboxylic acids is 1. The van der Waals surface area contributed by atoms with Gasteiger partial charge in [0.05, 0.1) is 6.10 Å². The summed E-state index contributed by atoms with van der Waals surface area (Å²) < 4.78 is 0. The molecule has 1 heterocycles. The van der Waals surface area contributed by atoms with E-state index in [2.05, 4.69) is 12.2 Å². The van der Waals surface area contributed by atoms with E-state index in [0.29, 0.717) is 30.1 Å². The monoisotopic (exact) mass is 322 g/mol. The van der Waals surface area contributed by atoms with E-state index in [4.69, 9.17) is 11.6 Å². The first-order valence-electron chi connectivity index (χ1n) is 8.03. The van der Waals surface area contributed by atoms with Gasteiger partial charge < -0.3 is 15.3 Å². The van der Waals surface area contributed by atoms with Crippen molar-refractivity contribution in [2.45, 2.75) is 38.3 Å². The number of urea groups is 1. The predicted octanol–water partition coefficient (Wildman–Crippen LogP) is 3.20. The minimum Gasteiger partial charge on any atom is -0.388 e. The van der Waals surface area contributed by atoms with Crippen LogP contribution in [-0.2, 0) is 0 Å². The molecule has 1 aliphatic heterocycles. The minimum atomic E-state index is -0.481. The van der Waals surface area contributed by atoms with Crippen molar-refractivity contribution in [2.24, 2.45) is 11.8 Å². The Labute approximate surface area is 136 Å². The van der Waals surface area contributed by atoms with Crippen LogP contribution < -0.4 is 5.32 Å². The van der Waals surface area contributed by atoms with Crippen LogP contribution in [0.1, 0.15) is 37.9 Å². The van der Waals surface area contributed by atoms with Gasteiger partial charge in [-0.3, -0.25) is 0 Å². The fourth-order valence-electron chi connectivity index (χ4n) is 3.12. The van der Waals surface area contributed by atoms with Gasteiger partial charge in [-0.1, -0.05) is 30.7 Å². The molecule has 22 heavy (non-hydrogen) atoms. The van der Waals surface area contributed by atoms with E-state index in [1.807, 2.05) is 17.0 Å². The summed E-state index contributed by atoms with van der Waals surface area (Å²) in [6.07, 6.45) is 2.28. The third-order valence-corrected chi connectivity index (χ3v) is 5.16. The van der Waals surface area contributed by atoms with E-state index in [9.17, 15) is 9.90 Å². The van der Waals surface area contributed by atoms with Crippen LogP contribution in [0.15, 0.2) is 24.3 Å². The molecule has 0 aromatic heterocycles. The van der Waals surface area contributed by atoms with E-state index in [0.717, 1.165) is 24.8 Å². The Bertz CT molecular complexity index is 526. The molecule has 1 aromatic carbocycles.